The van der Waals surface area contributed by atoms with Crippen molar-refractivity contribution in [2.75, 3.05) is 20.8 Å². The van der Waals surface area contributed by atoms with Crippen LogP contribution >= 0.6 is 0 Å². The fraction of sp³-hybridized carbons (Fsp3) is 0.417. The Kier molecular flexibility index (Phi) is 4.95. The minimum Gasteiger partial charge on any atom is -0.295 e. The second-order valence-electron chi connectivity index (χ2n) is 4.13. The average molecular weight is 221 g/mol. The molecule has 1 aromatic carbocycles. The molecular weight excluding hydrogens is 202 g/mol. The molecule has 1 amide bonds. The summed E-state index contributed by atoms with van der Waals surface area (Å²) in [5.41, 5.74) is 7.72. The van der Waals surface area contributed by atoms with E-state index in [1.165, 1.54) is 5.56 Å². The van der Waals surface area contributed by atoms with Gasteiger partial charge in [-0.25, -0.2) is 5.43 Å². The smallest absolute Gasteiger partial charge is 0.238 e. The van der Waals surface area contributed by atoms with Crippen molar-refractivity contribution in [3.8, 4) is 0 Å². The monoisotopic (exact) mass is 221 g/mol. The fourth-order valence-corrected chi connectivity index (χ4v) is 1.23. The molecule has 4 nitrogen and oxygen atoms in total. The maximum atomic E-state index is 11.5. The van der Waals surface area contributed by atoms with Gasteiger partial charge in [-0.2, -0.15) is 0 Å². The topological polar surface area (TPSA) is 44.4 Å². The van der Waals surface area contributed by atoms with Gasteiger partial charge >= 0.3 is 0 Å². The van der Waals surface area contributed by atoms with Crippen LogP contribution in [-0.2, 0) is 11.2 Å². The van der Waals surface area contributed by atoms with Crippen molar-refractivity contribution >= 4 is 5.91 Å². The number of hydrogen-bond donors (Lipinski definition) is 2. The molecule has 2 N–H and O–H groups in total. The zero-order valence-corrected chi connectivity index (χ0v) is 10.1. The minimum absolute atomic E-state index is 0.0225. The van der Waals surface area contributed by atoms with E-state index in [4.69, 9.17) is 0 Å². The molecule has 1 rings (SSSR count). The van der Waals surface area contributed by atoms with E-state index in [9.17, 15) is 4.79 Å². The summed E-state index contributed by atoms with van der Waals surface area (Å²) < 4.78 is 0. The molecule has 0 spiro atoms. The maximum Gasteiger partial charge on any atom is 0.238 e. The van der Waals surface area contributed by atoms with E-state index in [-0.39, 0.29) is 5.91 Å². The molecular formula is C12H19N3O. The summed E-state index contributed by atoms with van der Waals surface area (Å²) in [7, 11) is 3.86. The molecule has 4 heteroatoms. The van der Waals surface area contributed by atoms with Gasteiger partial charge in [-0.3, -0.25) is 15.1 Å². The van der Waals surface area contributed by atoms with E-state index in [0.29, 0.717) is 13.1 Å². The van der Waals surface area contributed by atoms with Crippen LogP contribution in [0.25, 0.3) is 0 Å². The van der Waals surface area contributed by atoms with Crippen LogP contribution in [0.2, 0.25) is 0 Å². The summed E-state index contributed by atoms with van der Waals surface area (Å²) in [6.45, 7) is 2.65. The average Bonchev–Trinajstić information content (AvgIpc) is 2.21. The minimum atomic E-state index is -0.0225. The highest BCUT2D eigenvalue weighted by molar-refractivity contribution is 5.78. The Hall–Kier alpha value is -1.39. The van der Waals surface area contributed by atoms with E-state index < -0.39 is 0 Å². The molecule has 1 aromatic rings. The van der Waals surface area contributed by atoms with Crippen LogP contribution in [0.3, 0.4) is 0 Å². The quantitative estimate of drug-likeness (QED) is 0.567. The second kappa shape index (κ2) is 6.25. The predicted molar refractivity (Wildman–Crippen MR) is 64.7 cm³/mol. The lowest BCUT2D eigenvalue weighted by Gasteiger charge is -2.12. The molecule has 0 heterocycles. The lowest BCUT2D eigenvalue weighted by atomic mass is 10.1. The highest BCUT2D eigenvalue weighted by Gasteiger charge is 2.02. The summed E-state index contributed by atoms with van der Waals surface area (Å²) in [6, 6.07) is 7.97. The van der Waals surface area contributed by atoms with Crippen LogP contribution in [0.15, 0.2) is 24.3 Å². The predicted octanol–water partition coefficient (Wildman–Crippen LogP) is 0.677. The number of nitrogens with one attached hydrogen (secondary N) is 2. The third-order valence-corrected chi connectivity index (χ3v) is 2.11. The van der Waals surface area contributed by atoms with Gasteiger partial charge in [0.15, 0.2) is 0 Å². The third kappa shape index (κ3) is 4.91. The van der Waals surface area contributed by atoms with Gasteiger partial charge in [-0.15, -0.1) is 0 Å². The van der Waals surface area contributed by atoms with E-state index >= 15 is 0 Å². The molecule has 16 heavy (non-hydrogen) atoms. The van der Waals surface area contributed by atoms with Crippen LogP contribution in [-0.4, -0.2) is 31.6 Å². The van der Waals surface area contributed by atoms with Gasteiger partial charge in [-0.1, -0.05) is 29.8 Å². The molecule has 0 radical (unpaired) electrons. The zero-order chi connectivity index (χ0) is 12.0. The lowest BCUT2D eigenvalue weighted by molar-refractivity contribution is -0.121. The van der Waals surface area contributed by atoms with Crippen LogP contribution < -0.4 is 10.9 Å². The van der Waals surface area contributed by atoms with E-state index in [1.54, 1.807) is 0 Å². The number of benzene rings is 1. The molecule has 0 atom stereocenters. The fourth-order valence-electron chi connectivity index (χ4n) is 1.23. The van der Waals surface area contributed by atoms with Gasteiger partial charge < -0.3 is 0 Å². The number of hydrazine groups is 1. The van der Waals surface area contributed by atoms with Crippen LogP contribution in [0.4, 0.5) is 0 Å². The van der Waals surface area contributed by atoms with E-state index in [2.05, 4.69) is 10.9 Å². The number of aryl methyl sites for hydroxylation is 1. The van der Waals surface area contributed by atoms with Crippen LogP contribution in [0, 0.1) is 6.92 Å². The van der Waals surface area contributed by atoms with Crippen molar-refractivity contribution in [1.29, 1.82) is 0 Å². The Bertz CT molecular complexity index is 333. The molecule has 0 saturated carbocycles. The molecule has 0 fully saturated rings. The Labute approximate surface area is 96.6 Å². The molecule has 0 aliphatic rings. The van der Waals surface area contributed by atoms with Crippen LogP contribution in [0.1, 0.15) is 11.1 Å². The first-order chi connectivity index (χ1) is 7.58. The number of rotatable bonds is 5. The van der Waals surface area contributed by atoms with Gasteiger partial charge in [0, 0.05) is 0 Å². The van der Waals surface area contributed by atoms with Gasteiger partial charge in [0.05, 0.1) is 13.1 Å². The Balaban J connectivity index is 2.31. The van der Waals surface area contributed by atoms with Gasteiger partial charge in [-0.05, 0) is 26.6 Å². The molecule has 0 aliphatic carbocycles. The van der Waals surface area contributed by atoms with Gasteiger partial charge in [0.2, 0.25) is 5.91 Å². The van der Waals surface area contributed by atoms with E-state index in [1.807, 2.05) is 50.2 Å². The largest absolute Gasteiger partial charge is 0.295 e. The summed E-state index contributed by atoms with van der Waals surface area (Å²) in [5, 5.41) is 0. The molecule has 0 aliphatic heterocycles. The second-order valence-corrected chi connectivity index (χ2v) is 4.13. The summed E-state index contributed by atoms with van der Waals surface area (Å²) in [6.07, 6.45) is 0.403. The van der Waals surface area contributed by atoms with Crippen molar-refractivity contribution in [1.82, 2.24) is 15.8 Å². The first-order valence-electron chi connectivity index (χ1n) is 5.30. The third-order valence-electron chi connectivity index (χ3n) is 2.11. The first-order valence-corrected chi connectivity index (χ1v) is 5.30. The van der Waals surface area contributed by atoms with Crippen molar-refractivity contribution in [3.63, 3.8) is 0 Å². The Morgan fingerprint density at radius 1 is 1.25 bits per heavy atom. The summed E-state index contributed by atoms with van der Waals surface area (Å²) >= 11 is 0. The zero-order valence-electron chi connectivity index (χ0n) is 10.1. The van der Waals surface area contributed by atoms with Crippen molar-refractivity contribution in [3.05, 3.63) is 35.4 Å². The van der Waals surface area contributed by atoms with Gasteiger partial charge in [0.1, 0.15) is 0 Å². The van der Waals surface area contributed by atoms with E-state index in [0.717, 1.165) is 5.56 Å². The maximum absolute atomic E-state index is 11.5. The van der Waals surface area contributed by atoms with Gasteiger partial charge in [0.25, 0.3) is 0 Å². The number of carbonyl (C=O) groups is 1. The van der Waals surface area contributed by atoms with Crippen molar-refractivity contribution in [2.45, 2.75) is 13.3 Å². The molecule has 0 saturated heterocycles. The molecule has 0 bridgehead atoms. The summed E-state index contributed by atoms with van der Waals surface area (Å²) in [4.78, 5) is 13.4. The summed E-state index contributed by atoms with van der Waals surface area (Å²) in [5.74, 6) is -0.0225. The normalized spacial score (nSPS) is 10.5. The Morgan fingerprint density at radius 3 is 2.44 bits per heavy atom. The SMILES string of the molecule is Cc1ccc(CC(=O)NNCN(C)C)cc1. The molecule has 0 unspecified atom stereocenters. The Morgan fingerprint density at radius 2 is 1.88 bits per heavy atom. The highest BCUT2D eigenvalue weighted by atomic mass is 16.2. The number of nitrogens with zero attached hydrogens (tertiary/aromatic N) is 1. The standard InChI is InChI=1S/C12H19N3O/c1-10-4-6-11(7-5-10)8-12(16)14-13-9-15(2)3/h4-7,13H,8-9H2,1-3H3,(H,14,16). The highest BCUT2D eigenvalue weighted by Crippen LogP contribution is 2.03. The lowest BCUT2D eigenvalue weighted by Crippen LogP contribution is -2.43. The number of amides is 1. The van der Waals surface area contributed by atoms with Crippen molar-refractivity contribution in [2.24, 2.45) is 0 Å². The van der Waals surface area contributed by atoms with Crippen molar-refractivity contribution < 1.29 is 4.79 Å². The van der Waals surface area contributed by atoms with Crippen LogP contribution in [0.5, 0.6) is 0 Å². The first kappa shape index (κ1) is 12.7. The number of hydrogen-bond acceptors (Lipinski definition) is 3. The molecule has 0 aromatic heterocycles. The molecule has 88 valence electrons. The number of carbonyl (C=O) groups excluding carboxylic acids is 1.